The Morgan fingerprint density at radius 1 is 1.35 bits per heavy atom. The summed E-state index contributed by atoms with van der Waals surface area (Å²) in [4.78, 5) is 1.94. The van der Waals surface area contributed by atoms with Gasteiger partial charge in [-0.05, 0) is 6.07 Å². The van der Waals surface area contributed by atoms with Gasteiger partial charge in [-0.1, -0.05) is 18.2 Å². The molecule has 1 heterocycles. The molecule has 0 aliphatic heterocycles. The zero-order chi connectivity index (χ0) is 12.3. The summed E-state index contributed by atoms with van der Waals surface area (Å²) >= 11 is 0. The molecule has 0 atom stereocenters. The van der Waals surface area contributed by atoms with Crippen molar-refractivity contribution < 1.29 is 0 Å². The number of anilines is 1. The fraction of sp³-hybridized carbons (Fsp3) is 0.250. The van der Waals surface area contributed by atoms with Gasteiger partial charge in [0.2, 0.25) is 0 Å². The molecule has 5 heteroatoms. The molecule has 1 aromatic carbocycles. The highest BCUT2D eigenvalue weighted by Gasteiger charge is 2.13. The molecule has 2 aromatic rings. The van der Waals surface area contributed by atoms with Crippen molar-refractivity contribution in [1.82, 2.24) is 10.2 Å². The third kappa shape index (κ3) is 2.03. The third-order valence-electron chi connectivity index (χ3n) is 2.59. The van der Waals surface area contributed by atoms with E-state index in [4.69, 9.17) is 11.0 Å². The number of nitrogens with two attached hydrogens (primary N) is 1. The first-order chi connectivity index (χ1) is 8.27. The van der Waals surface area contributed by atoms with E-state index in [1.165, 1.54) is 0 Å². The summed E-state index contributed by atoms with van der Waals surface area (Å²) in [6, 6.07) is 9.71. The second-order valence-electron chi connectivity index (χ2n) is 3.74. The summed E-state index contributed by atoms with van der Waals surface area (Å²) in [7, 11) is 1.90. The fourth-order valence-electron chi connectivity index (χ4n) is 1.81. The number of benzene rings is 1. The number of fused-ring (bicyclic) bond motifs is 1. The van der Waals surface area contributed by atoms with Gasteiger partial charge >= 0.3 is 0 Å². The van der Waals surface area contributed by atoms with Crippen LogP contribution in [0.1, 0.15) is 5.69 Å². The quantitative estimate of drug-likeness (QED) is 0.842. The molecule has 5 nitrogen and oxygen atoms in total. The molecule has 0 amide bonds. The summed E-state index contributed by atoms with van der Waals surface area (Å²) in [5, 5.41) is 18.0. The van der Waals surface area contributed by atoms with E-state index < -0.39 is 0 Å². The zero-order valence-electron chi connectivity index (χ0n) is 9.59. The van der Waals surface area contributed by atoms with E-state index in [1.807, 2.05) is 36.2 Å². The number of nitrogens with zero attached hydrogens (tertiary/aromatic N) is 4. The Labute approximate surface area is 99.5 Å². The smallest absolute Gasteiger partial charge is 0.186 e. The highest BCUT2D eigenvalue weighted by atomic mass is 15.2. The van der Waals surface area contributed by atoms with Crippen molar-refractivity contribution in [1.29, 1.82) is 5.26 Å². The maximum Gasteiger partial charge on any atom is 0.186 e. The van der Waals surface area contributed by atoms with Crippen LogP contribution in [-0.2, 0) is 0 Å². The standard InChI is InChI=1S/C12H13N5/c1-17(7-6-13)12-9-4-2-3-5-10(9)15-16-11(12)8-14/h2-5H,6-7,13H2,1H3. The van der Waals surface area contributed by atoms with E-state index in [-0.39, 0.29) is 0 Å². The zero-order valence-corrected chi connectivity index (χ0v) is 9.59. The molecular weight excluding hydrogens is 214 g/mol. The normalized spacial score (nSPS) is 10.2. The van der Waals surface area contributed by atoms with Gasteiger partial charge < -0.3 is 10.6 Å². The maximum atomic E-state index is 9.08. The second-order valence-corrected chi connectivity index (χ2v) is 3.74. The monoisotopic (exact) mass is 227 g/mol. The van der Waals surface area contributed by atoms with Crippen LogP contribution in [-0.4, -0.2) is 30.3 Å². The summed E-state index contributed by atoms with van der Waals surface area (Å²) in [5.74, 6) is 0. The molecule has 0 unspecified atom stereocenters. The first kappa shape index (κ1) is 11.3. The van der Waals surface area contributed by atoms with Crippen molar-refractivity contribution >= 4 is 16.6 Å². The van der Waals surface area contributed by atoms with Crippen molar-refractivity contribution in [2.24, 2.45) is 5.73 Å². The van der Waals surface area contributed by atoms with Gasteiger partial charge in [0.05, 0.1) is 11.2 Å². The first-order valence-electron chi connectivity index (χ1n) is 5.34. The molecule has 2 N–H and O–H groups in total. The SMILES string of the molecule is CN(CCN)c1c(C#N)nnc2ccccc12. The summed E-state index contributed by atoms with van der Waals surface area (Å²) in [5.41, 5.74) is 7.45. The van der Waals surface area contributed by atoms with Gasteiger partial charge in [-0.25, -0.2) is 0 Å². The minimum Gasteiger partial charge on any atom is -0.370 e. The van der Waals surface area contributed by atoms with Crippen LogP contribution in [0.2, 0.25) is 0 Å². The van der Waals surface area contributed by atoms with E-state index >= 15 is 0 Å². The number of hydrogen-bond acceptors (Lipinski definition) is 5. The van der Waals surface area contributed by atoms with Crippen molar-refractivity contribution in [3.8, 4) is 6.07 Å². The Hall–Kier alpha value is -2.19. The van der Waals surface area contributed by atoms with Crippen LogP contribution < -0.4 is 10.6 Å². The molecule has 0 spiro atoms. The molecule has 0 bridgehead atoms. The van der Waals surface area contributed by atoms with Gasteiger partial charge in [-0.3, -0.25) is 0 Å². The lowest BCUT2D eigenvalue weighted by Gasteiger charge is -2.20. The molecule has 0 saturated carbocycles. The lowest BCUT2D eigenvalue weighted by molar-refractivity contribution is 0.878. The Balaban J connectivity index is 2.68. The Morgan fingerprint density at radius 3 is 2.82 bits per heavy atom. The minimum absolute atomic E-state index is 0.333. The van der Waals surface area contributed by atoms with E-state index in [1.54, 1.807) is 0 Å². The van der Waals surface area contributed by atoms with Gasteiger partial charge in [0.25, 0.3) is 0 Å². The predicted molar refractivity (Wildman–Crippen MR) is 66.6 cm³/mol. The van der Waals surface area contributed by atoms with Gasteiger partial charge in [-0.15, -0.1) is 10.2 Å². The lowest BCUT2D eigenvalue weighted by atomic mass is 10.1. The summed E-state index contributed by atoms with van der Waals surface area (Å²) in [6.45, 7) is 1.20. The number of nitriles is 1. The van der Waals surface area contributed by atoms with Gasteiger partial charge in [0.1, 0.15) is 6.07 Å². The van der Waals surface area contributed by atoms with Crippen molar-refractivity contribution in [2.45, 2.75) is 0 Å². The van der Waals surface area contributed by atoms with Crippen molar-refractivity contribution in [2.75, 3.05) is 25.0 Å². The summed E-state index contributed by atoms with van der Waals surface area (Å²) < 4.78 is 0. The van der Waals surface area contributed by atoms with E-state index in [0.717, 1.165) is 16.6 Å². The molecule has 0 fully saturated rings. The third-order valence-corrected chi connectivity index (χ3v) is 2.59. The van der Waals surface area contributed by atoms with Gasteiger partial charge in [-0.2, -0.15) is 5.26 Å². The molecular formula is C12H13N5. The highest BCUT2D eigenvalue weighted by molar-refractivity contribution is 5.93. The highest BCUT2D eigenvalue weighted by Crippen LogP contribution is 2.26. The maximum absolute atomic E-state index is 9.08. The largest absolute Gasteiger partial charge is 0.370 e. The molecule has 0 aliphatic carbocycles. The molecule has 0 saturated heterocycles. The average molecular weight is 227 g/mol. The topological polar surface area (TPSA) is 78.8 Å². The van der Waals surface area contributed by atoms with Crippen LogP contribution in [0.5, 0.6) is 0 Å². The van der Waals surface area contributed by atoms with E-state index in [0.29, 0.717) is 18.8 Å². The Bertz CT molecular complexity index is 573. The Morgan fingerprint density at radius 2 is 2.12 bits per heavy atom. The predicted octanol–water partition coefficient (Wildman–Crippen LogP) is 0.896. The van der Waals surface area contributed by atoms with Crippen molar-refractivity contribution in [3.63, 3.8) is 0 Å². The van der Waals surface area contributed by atoms with Crippen molar-refractivity contribution in [3.05, 3.63) is 30.0 Å². The number of hydrogen-bond donors (Lipinski definition) is 1. The van der Waals surface area contributed by atoms with Gasteiger partial charge in [0.15, 0.2) is 5.69 Å². The molecule has 17 heavy (non-hydrogen) atoms. The Kier molecular flexibility index (Phi) is 3.17. The van der Waals surface area contributed by atoms with Crippen LogP contribution >= 0.6 is 0 Å². The van der Waals surface area contributed by atoms with Crippen LogP contribution in [0.15, 0.2) is 24.3 Å². The number of aromatic nitrogens is 2. The van der Waals surface area contributed by atoms with Crippen LogP contribution in [0.4, 0.5) is 5.69 Å². The van der Waals surface area contributed by atoms with Crippen LogP contribution in [0.3, 0.4) is 0 Å². The van der Waals surface area contributed by atoms with Crippen LogP contribution in [0.25, 0.3) is 10.9 Å². The molecule has 2 rings (SSSR count). The molecule has 0 radical (unpaired) electrons. The fourth-order valence-corrected chi connectivity index (χ4v) is 1.81. The summed E-state index contributed by atoms with van der Waals surface area (Å²) in [6.07, 6.45) is 0. The molecule has 1 aromatic heterocycles. The second kappa shape index (κ2) is 4.76. The number of likely N-dealkylation sites (N-methyl/N-ethyl adjacent to an activating group) is 1. The molecule has 0 aliphatic rings. The van der Waals surface area contributed by atoms with E-state index in [9.17, 15) is 0 Å². The lowest BCUT2D eigenvalue weighted by Crippen LogP contribution is -2.26. The van der Waals surface area contributed by atoms with Gasteiger partial charge in [0, 0.05) is 25.5 Å². The minimum atomic E-state index is 0.333. The van der Waals surface area contributed by atoms with Crippen LogP contribution in [0, 0.1) is 11.3 Å². The average Bonchev–Trinajstić information content (AvgIpc) is 2.37. The first-order valence-corrected chi connectivity index (χ1v) is 5.34. The number of rotatable bonds is 3. The molecule has 86 valence electrons. The van der Waals surface area contributed by atoms with E-state index in [2.05, 4.69) is 16.3 Å².